The first-order chi connectivity index (χ1) is 14.4. The maximum atomic E-state index is 12.4. The summed E-state index contributed by atoms with van der Waals surface area (Å²) >= 11 is 0. The number of hydrogen-bond acceptors (Lipinski definition) is 6. The molecule has 1 atom stereocenters. The Morgan fingerprint density at radius 2 is 1.73 bits per heavy atom. The van der Waals surface area contributed by atoms with E-state index in [1.807, 2.05) is 0 Å². The summed E-state index contributed by atoms with van der Waals surface area (Å²) in [7, 11) is 3.02. The second-order valence-electron chi connectivity index (χ2n) is 6.80. The minimum absolute atomic E-state index is 0.0748. The molecule has 30 heavy (non-hydrogen) atoms. The molecule has 8 nitrogen and oxygen atoms in total. The predicted molar refractivity (Wildman–Crippen MR) is 111 cm³/mol. The minimum Gasteiger partial charge on any atom is -0.493 e. The molecule has 1 fully saturated rings. The van der Waals surface area contributed by atoms with E-state index in [4.69, 9.17) is 14.2 Å². The number of nitrogens with one attached hydrogen (secondary N) is 1. The molecular formula is C22H24N2O6. The third-order valence-electron chi connectivity index (χ3n) is 4.79. The van der Waals surface area contributed by atoms with Gasteiger partial charge in [0.25, 0.3) is 5.91 Å². The normalized spacial score (nSPS) is 14.2. The quantitative estimate of drug-likeness (QED) is 0.703. The highest BCUT2D eigenvalue weighted by molar-refractivity contribution is 5.98. The van der Waals surface area contributed by atoms with Gasteiger partial charge < -0.3 is 24.4 Å². The lowest BCUT2D eigenvalue weighted by molar-refractivity contribution is -0.123. The van der Waals surface area contributed by atoms with Gasteiger partial charge in [0.15, 0.2) is 17.6 Å². The Labute approximate surface area is 174 Å². The molecule has 0 aliphatic carbocycles. The van der Waals surface area contributed by atoms with Crippen molar-refractivity contribution in [2.24, 2.45) is 0 Å². The first kappa shape index (κ1) is 21.2. The van der Waals surface area contributed by atoms with Crippen LogP contribution in [0.25, 0.3) is 0 Å². The summed E-state index contributed by atoms with van der Waals surface area (Å²) in [6.07, 6.45) is 0.358. The van der Waals surface area contributed by atoms with Crippen molar-refractivity contribution in [3.63, 3.8) is 0 Å². The molecule has 0 bridgehead atoms. The Balaban J connectivity index is 1.59. The lowest BCUT2D eigenvalue weighted by atomic mass is 10.2. The summed E-state index contributed by atoms with van der Waals surface area (Å²) < 4.78 is 15.6. The van der Waals surface area contributed by atoms with Crippen LogP contribution < -0.4 is 19.7 Å². The number of carbonyl (C=O) groups is 3. The van der Waals surface area contributed by atoms with Gasteiger partial charge in [-0.25, -0.2) is 4.79 Å². The Bertz CT molecular complexity index is 941. The van der Waals surface area contributed by atoms with Crippen molar-refractivity contribution in [2.45, 2.75) is 25.9 Å². The molecule has 2 amide bonds. The Hall–Kier alpha value is -3.55. The van der Waals surface area contributed by atoms with Gasteiger partial charge in [0.2, 0.25) is 5.91 Å². The van der Waals surface area contributed by atoms with Crippen LogP contribution in [-0.4, -0.2) is 44.7 Å². The molecule has 3 rings (SSSR count). The van der Waals surface area contributed by atoms with Gasteiger partial charge >= 0.3 is 5.97 Å². The molecule has 1 saturated heterocycles. The van der Waals surface area contributed by atoms with Gasteiger partial charge in [-0.3, -0.25) is 9.59 Å². The van der Waals surface area contributed by atoms with E-state index in [0.717, 1.165) is 12.1 Å². The van der Waals surface area contributed by atoms with Crippen LogP contribution in [0.2, 0.25) is 0 Å². The maximum absolute atomic E-state index is 12.4. The van der Waals surface area contributed by atoms with E-state index in [1.165, 1.54) is 21.1 Å². The van der Waals surface area contributed by atoms with E-state index in [0.29, 0.717) is 35.7 Å². The lowest BCUT2D eigenvalue weighted by Gasteiger charge is -2.17. The van der Waals surface area contributed by atoms with Gasteiger partial charge in [-0.05, 0) is 49.7 Å². The highest BCUT2D eigenvalue weighted by atomic mass is 16.5. The molecule has 8 heteroatoms. The Morgan fingerprint density at radius 3 is 2.33 bits per heavy atom. The van der Waals surface area contributed by atoms with Crippen LogP contribution in [0, 0.1) is 0 Å². The zero-order valence-electron chi connectivity index (χ0n) is 17.1. The lowest BCUT2D eigenvalue weighted by Crippen LogP contribution is -2.30. The van der Waals surface area contributed by atoms with E-state index < -0.39 is 18.0 Å². The monoisotopic (exact) mass is 412 g/mol. The molecule has 158 valence electrons. The summed E-state index contributed by atoms with van der Waals surface area (Å²) in [5.74, 6) is -0.0181. The van der Waals surface area contributed by atoms with E-state index in [-0.39, 0.29) is 5.91 Å². The first-order valence-electron chi connectivity index (χ1n) is 9.57. The number of nitrogens with zero attached hydrogens (tertiary/aromatic N) is 1. The molecule has 0 unspecified atom stereocenters. The predicted octanol–water partition coefficient (Wildman–Crippen LogP) is 3.01. The number of methoxy groups -OCH3 is 2. The topological polar surface area (TPSA) is 94.2 Å². The van der Waals surface area contributed by atoms with Gasteiger partial charge in [0.1, 0.15) is 0 Å². The second-order valence-corrected chi connectivity index (χ2v) is 6.80. The number of anilines is 2. The highest BCUT2D eigenvalue weighted by Crippen LogP contribution is 2.29. The van der Waals surface area contributed by atoms with E-state index in [2.05, 4.69) is 5.32 Å². The van der Waals surface area contributed by atoms with Crippen molar-refractivity contribution in [3.05, 3.63) is 48.0 Å². The molecule has 0 saturated carbocycles. The maximum Gasteiger partial charge on any atom is 0.338 e. The number of ether oxygens (including phenoxy) is 3. The minimum atomic E-state index is -1.01. The van der Waals surface area contributed by atoms with Gasteiger partial charge in [0, 0.05) is 30.4 Å². The van der Waals surface area contributed by atoms with Gasteiger partial charge in [-0.15, -0.1) is 0 Å². The fourth-order valence-corrected chi connectivity index (χ4v) is 3.14. The van der Waals surface area contributed by atoms with Crippen molar-refractivity contribution in [3.8, 4) is 11.5 Å². The second kappa shape index (κ2) is 9.30. The van der Waals surface area contributed by atoms with Crippen molar-refractivity contribution in [2.75, 3.05) is 31.0 Å². The van der Waals surface area contributed by atoms with Crippen LogP contribution in [0.4, 0.5) is 11.4 Å². The molecule has 0 spiro atoms. The van der Waals surface area contributed by atoms with Crippen molar-refractivity contribution in [1.29, 1.82) is 0 Å². The molecule has 1 aliphatic heterocycles. The summed E-state index contributed by atoms with van der Waals surface area (Å²) in [4.78, 5) is 38.3. The average Bonchev–Trinajstić information content (AvgIpc) is 3.19. The summed E-state index contributed by atoms with van der Waals surface area (Å²) in [6.45, 7) is 2.17. The van der Waals surface area contributed by atoms with Crippen LogP contribution in [0.5, 0.6) is 11.5 Å². The molecular weight excluding hydrogens is 388 g/mol. The fourth-order valence-electron chi connectivity index (χ4n) is 3.14. The number of benzene rings is 2. The van der Waals surface area contributed by atoms with Crippen LogP contribution in [0.3, 0.4) is 0 Å². The van der Waals surface area contributed by atoms with E-state index in [1.54, 1.807) is 47.4 Å². The van der Waals surface area contributed by atoms with Crippen LogP contribution >= 0.6 is 0 Å². The third-order valence-corrected chi connectivity index (χ3v) is 4.79. The number of carbonyl (C=O) groups excluding carboxylic acids is 3. The molecule has 1 heterocycles. The smallest absolute Gasteiger partial charge is 0.338 e. The summed E-state index contributed by atoms with van der Waals surface area (Å²) in [6, 6.07) is 11.5. The van der Waals surface area contributed by atoms with E-state index >= 15 is 0 Å². The number of amides is 2. The molecule has 0 aromatic heterocycles. The van der Waals surface area contributed by atoms with Crippen LogP contribution in [0.15, 0.2) is 42.5 Å². The van der Waals surface area contributed by atoms with Crippen LogP contribution in [0.1, 0.15) is 30.1 Å². The van der Waals surface area contributed by atoms with E-state index in [9.17, 15) is 14.4 Å². The molecule has 1 aliphatic rings. The number of hydrogen-bond donors (Lipinski definition) is 1. The van der Waals surface area contributed by atoms with Crippen molar-refractivity contribution < 1.29 is 28.6 Å². The number of rotatable bonds is 7. The average molecular weight is 412 g/mol. The molecule has 2 aromatic rings. The largest absolute Gasteiger partial charge is 0.493 e. The van der Waals surface area contributed by atoms with Crippen molar-refractivity contribution >= 4 is 29.2 Å². The van der Waals surface area contributed by atoms with Gasteiger partial charge in [-0.1, -0.05) is 0 Å². The molecule has 2 aromatic carbocycles. The number of esters is 1. The standard InChI is InChI=1S/C22H24N2O6/c1-14(21(26)23-16-8-11-18(28-2)19(13-16)29-3)30-22(27)15-6-9-17(10-7-15)24-12-4-5-20(24)25/h6-11,13-14H,4-5,12H2,1-3H3,(H,23,26)/t14-/m1/s1. The van der Waals surface area contributed by atoms with Crippen LogP contribution in [-0.2, 0) is 14.3 Å². The molecule has 1 N–H and O–H groups in total. The van der Waals surface area contributed by atoms with Gasteiger partial charge in [0.05, 0.1) is 19.8 Å². The van der Waals surface area contributed by atoms with Gasteiger partial charge in [-0.2, -0.15) is 0 Å². The highest BCUT2D eigenvalue weighted by Gasteiger charge is 2.23. The Kier molecular flexibility index (Phi) is 6.56. The third kappa shape index (κ3) is 4.71. The molecule has 0 radical (unpaired) electrons. The zero-order chi connectivity index (χ0) is 21.7. The fraction of sp³-hybridized carbons (Fsp3) is 0.318. The summed E-state index contributed by atoms with van der Waals surface area (Å²) in [5, 5.41) is 2.68. The zero-order valence-corrected chi connectivity index (χ0v) is 17.1. The summed E-state index contributed by atoms with van der Waals surface area (Å²) in [5.41, 5.74) is 1.53. The first-order valence-corrected chi connectivity index (χ1v) is 9.57. The van der Waals surface area contributed by atoms with Crippen molar-refractivity contribution in [1.82, 2.24) is 0 Å². The SMILES string of the molecule is COc1ccc(NC(=O)[C@@H](C)OC(=O)c2ccc(N3CCCC3=O)cc2)cc1OC. The Morgan fingerprint density at radius 1 is 1.03 bits per heavy atom.